The normalized spacial score (nSPS) is 12.0. The molecule has 36 heavy (non-hydrogen) atoms. The summed E-state index contributed by atoms with van der Waals surface area (Å²) in [7, 11) is 0. The van der Waals surface area contributed by atoms with Crippen molar-refractivity contribution in [1.82, 2.24) is 10.2 Å². The first-order chi connectivity index (χ1) is 17.1. The van der Waals surface area contributed by atoms with Gasteiger partial charge < -0.3 is 15.0 Å². The average molecular weight is 552 g/mol. The molecule has 3 aromatic rings. The van der Waals surface area contributed by atoms with Crippen LogP contribution in [0.5, 0.6) is 5.75 Å². The van der Waals surface area contributed by atoms with Crippen molar-refractivity contribution < 1.29 is 14.3 Å². The molecule has 2 amide bonds. The van der Waals surface area contributed by atoms with Crippen molar-refractivity contribution in [2.45, 2.75) is 58.7 Å². The fourth-order valence-corrected chi connectivity index (χ4v) is 4.11. The molecule has 0 fully saturated rings. The Morgan fingerprint density at radius 3 is 2.08 bits per heavy atom. The first kappa shape index (κ1) is 27.5. The number of hydrogen-bond acceptors (Lipinski definition) is 3. The van der Waals surface area contributed by atoms with Crippen molar-refractivity contribution in [3.63, 3.8) is 0 Å². The summed E-state index contributed by atoms with van der Waals surface area (Å²) in [5.74, 6) is 0.189. The molecule has 0 aliphatic heterocycles. The van der Waals surface area contributed by atoms with E-state index >= 15 is 0 Å². The zero-order valence-corrected chi connectivity index (χ0v) is 23.0. The molecule has 0 radical (unpaired) electrons. The molecule has 190 valence electrons. The van der Waals surface area contributed by atoms with Crippen LogP contribution in [0.1, 0.15) is 44.4 Å². The Balaban J connectivity index is 1.90. The number of rotatable bonds is 10. The van der Waals surface area contributed by atoms with E-state index in [-0.39, 0.29) is 18.4 Å². The molecule has 3 rings (SSSR count). The highest BCUT2D eigenvalue weighted by atomic mass is 79.9. The minimum atomic E-state index is -0.700. The largest absolute Gasteiger partial charge is 0.484 e. The second-order valence-electron chi connectivity index (χ2n) is 9.88. The lowest BCUT2D eigenvalue weighted by atomic mass is 10.0. The molecule has 0 aliphatic carbocycles. The molecule has 0 aliphatic rings. The van der Waals surface area contributed by atoms with Gasteiger partial charge >= 0.3 is 0 Å². The van der Waals surface area contributed by atoms with Crippen molar-refractivity contribution in [2.24, 2.45) is 0 Å². The zero-order valence-electron chi connectivity index (χ0n) is 21.5. The third-order valence-electron chi connectivity index (χ3n) is 5.73. The van der Waals surface area contributed by atoms with Crippen molar-refractivity contribution in [3.05, 3.63) is 100 Å². The lowest BCUT2D eigenvalue weighted by molar-refractivity contribution is -0.143. The van der Waals surface area contributed by atoms with Gasteiger partial charge in [-0.05, 0) is 68.1 Å². The third-order valence-corrected chi connectivity index (χ3v) is 6.26. The summed E-state index contributed by atoms with van der Waals surface area (Å²) in [5.41, 5.74) is 2.68. The number of benzene rings is 3. The average Bonchev–Trinajstić information content (AvgIpc) is 2.85. The Labute approximate surface area is 223 Å². The maximum Gasteiger partial charge on any atom is 0.261 e. The molecule has 0 saturated heterocycles. The van der Waals surface area contributed by atoms with Crippen LogP contribution in [0.15, 0.2) is 83.3 Å². The van der Waals surface area contributed by atoms with Crippen LogP contribution in [-0.4, -0.2) is 34.9 Å². The van der Waals surface area contributed by atoms with E-state index in [1.165, 1.54) is 5.56 Å². The molecule has 3 aromatic carbocycles. The van der Waals surface area contributed by atoms with Gasteiger partial charge in [0.15, 0.2) is 6.61 Å². The number of hydrogen-bond donors (Lipinski definition) is 1. The minimum Gasteiger partial charge on any atom is -0.484 e. The SMILES string of the molecule is CCc1ccc(OCC(=O)N(Cc2ccc(Br)cc2)[C@H](Cc2ccccc2)C(=O)NC(C)(C)C)cc1. The predicted molar refractivity (Wildman–Crippen MR) is 148 cm³/mol. The Morgan fingerprint density at radius 1 is 0.889 bits per heavy atom. The van der Waals surface area contributed by atoms with Crippen LogP contribution < -0.4 is 10.1 Å². The molecule has 0 bridgehead atoms. The highest BCUT2D eigenvalue weighted by molar-refractivity contribution is 9.10. The molecule has 0 spiro atoms. The topological polar surface area (TPSA) is 58.6 Å². The van der Waals surface area contributed by atoms with E-state index < -0.39 is 11.6 Å². The van der Waals surface area contributed by atoms with E-state index in [0.717, 1.165) is 22.0 Å². The highest BCUT2D eigenvalue weighted by Crippen LogP contribution is 2.19. The maximum absolute atomic E-state index is 13.6. The molecule has 1 atom stereocenters. The first-order valence-corrected chi connectivity index (χ1v) is 13.1. The molecule has 5 nitrogen and oxygen atoms in total. The summed E-state index contributed by atoms with van der Waals surface area (Å²) in [6.45, 7) is 8.04. The van der Waals surface area contributed by atoms with E-state index in [1.807, 2.05) is 99.6 Å². The van der Waals surface area contributed by atoms with Crippen LogP contribution >= 0.6 is 15.9 Å². The van der Waals surface area contributed by atoms with Crippen LogP contribution in [-0.2, 0) is 29.0 Å². The number of carbonyl (C=O) groups is 2. The fraction of sp³-hybridized carbons (Fsp3) is 0.333. The fourth-order valence-electron chi connectivity index (χ4n) is 3.84. The molecular formula is C30H35BrN2O3. The van der Waals surface area contributed by atoms with Gasteiger partial charge in [0.25, 0.3) is 5.91 Å². The molecular weight excluding hydrogens is 516 g/mol. The number of ether oxygens (including phenoxy) is 1. The molecule has 1 N–H and O–H groups in total. The van der Waals surface area contributed by atoms with Gasteiger partial charge in [0.05, 0.1) is 0 Å². The highest BCUT2D eigenvalue weighted by Gasteiger charge is 2.32. The van der Waals surface area contributed by atoms with Crippen molar-refractivity contribution in [2.75, 3.05) is 6.61 Å². The van der Waals surface area contributed by atoms with E-state index in [4.69, 9.17) is 4.74 Å². The number of nitrogens with one attached hydrogen (secondary N) is 1. The summed E-state index contributed by atoms with van der Waals surface area (Å²) in [5, 5.41) is 3.08. The second-order valence-corrected chi connectivity index (χ2v) is 10.8. The van der Waals surface area contributed by atoms with Crippen molar-refractivity contribution in [3.8, 4) is 5.75 Å². The van der Waals surface area contributed by atoms with Crippen molar-refractivity contribution >= 4 is 27.7 Å². The van der Waals surface area contributed by atoms with E-state index in [1.54, 1.807) is 4.90 Å². The van der Waals surface area contributed by atoms with Crippen LogP contribution in [0.25, 0.3) is 0 Å². The number of aryl methyl sites for hydroxylation is 1. The Morgan fingerprint density at radius 2 is 1.50 bits per heavy atom. The van der Waals surface area contributed by atoms with Crippen LogP contribution in [0, 0.1) is 0 Å². The van der Waals surface area contributed by atoms with Gasteiger partial charge in [-0.2, -0.15) is 0 Å². The lowest BCUT2D eigenvalue weighted by Gasteiger charge is -2.33. The summed E-state index contributed by atoms with van der Waals surface area (Å²) >= 11 is 3.47. The van der Waals surface area contributed by atoms with E-state index in [2.05, 4.69) is 28.2 Å². The lowest BCUT2D eigenvalue weighted by Crippen LogP contribution is -2.55. The standard InChI is InChI=1S/C30H35BrN2O3/c1-5-22-13-17-26(18-14-22)36-21-28(34)33(20-24-11-15-25(31)16-12-24)27(29(35)32-30(2,3)4)19-23-9-7-6-8-10-23/h6-18,27H,5,19-21H2,1-4H3,(H,32,35)/t27-/m1/s1. The zero-order chi connectivity index (χ0) is 26.1. The number of carbonyl (C=O) groups excluding carboxylic acids is 2. The van der Waals surface area contributed by atoms with Gasteiger partial charge in [0.1, 0.15) is 11.8 Å². The Hall–Kier alpha value is -3.12. The number of nitrogens with zero attached hydrogens (tertiary/aromatic N) is 1. The number of amides is 2. The summed E-state index contributed by atoms with van der Waals surface area (Å²) in [6, 6.07) is 24.6. The van der Waals surface area contributed by atoms with Crippen LogP contribution in [0.2, 0.25) is 0 Å². The Kier molecular flexibility index (Phi) is 9.71. The van der Waals surface area contributed by atoms with Gasteiger partial charge in [0.2, 0.25) is 5.91 Å². The third kappa shape index (κ3) is 8.52. The van der Waals surface area contributed by atoms with E-state index in [9.17, 15) is 9.59 Å². The van der Waals surface area contributed by atoms with Gasteiger partial charge in [-0.3, -0.25) is 9.59 Å². The van der Waals surface area contributed by atoms with E-state index in [0.29, 0.717) is 18.7 Å². The second kappa shape index (κ2) is 12.7. The summed E-state index contributed by atoms with van der Waals surface area (Å²) in [4.78, 5) is 28.8. The molecule has 0 heterocycles. The summed E-state index contributed by atoms with van der Waals surface area (Å²) < 4.78 is 6.81. The van der Waals surface area contributed by atoms with Crippen LogP contribution in [0.3, 0.4) is 0 Å². The van der Waals surface area contributed by atoms with Gasteiger partial charge in [-0.15, -0.1) is 0 Å². The minimum absolute atomic E-state index is 0.157. The molecule has 0 unspecified atom stereocenters. The van der Waals surface area contributed by atoms with Gasteiger partial charge in [-0.25, -0.2) is 0 Å². The van der Waals surface area contributed by atoms with Gasteiger partial charge in [0, 0.05) is 23.0 Å². The quantitative estimate of drug-likeness (QED) is 0.339. The molecule has 0 aromatic heterocycles. The predicted octanol–water partition coefficient (Wildman–Crippen LogP) is 5.95. The maximum atomic E-state index is 13.6. The molecule has 6 heteroatoms. The number of halogens is 1. The monoisotopic (exact) mass is 550 g/mol. The van der Waals surface area contributed by atoms with Crippen LogP contribution in [0.4, 0.5) is 0 Å². The Bertz CT molecular complexity index is 1120. The van der Waals surface area contributed by atoms with Gasteiger partial charge in [-0.1, -0.05) is 77.5 Å². The summed E-state index contributed by atoms with van der Waals surface area (Å²) in [6.07, 6.45) is 1.33. The first-order valence-electron chi connectivity index (χ1n) is 12.3. The van der Waals surface area contributed by atoms with Crippen molar-refractivity contribution in [1.29, 1.82) is 0 Å². The smallest absolute Gasteiger partial charge is 0.261 e. The molecule has 0 saturated carbocycles.